The normalized spacial score (nSPS) is 10.3. The Bertz CT molecular complexity index is 720. The molecule has 7 heteroatoms. The maximum Gasteiger partial charge on any atom is 0.360 e. The highest BCUT2D eigenvalue weighted by atomic mass is 16.5. The van der Waals surface area contributed by atoms with Gasteiger partial charge in [-0.2, -0.15) is 5.10 Å². The summed E-state index contributed by atoms with van der Waals surface area (Å²) in [6.45, 7) is 3.55. The van der Waals surface area contributed by atoms with Gasteiger partial charge in [-0.25, -0.2) is 4.79 Å². The van der Waals surface area contributed by atoms with Crippen molar-refractivity contribution < 1.29 is 19.1 Å². The first-order valence-electron chi connectivity index (χ1n) is 7.03. The number of hydrogen-bond acceptors (Lipinski definition) is 5. The average Bonchev–Trinajstić information content (AvgIpc) is 2.82. The molecule has 0 saturated heterocycles. The molecule has 0 unspecified atom stereocenters. The Morgan fingerprint density at radius 2 is 1.87 bits per heavy atom. The van der Waals surface area contributed by atoms with E-state index in [1.165, 1.54) is 11.8 Å². The molecule has 122 valence electrons. The van der Waals surface area contributed by atoms with E-state index in [9.17, 15) is 9.59 Å². The van der Waals surface area contributed by atoms with Crippen LogP contribution in [-0.4, -0.2) is 35.4 Å². The molecule has 2 rings (SSSR count). The fraction of sp³-hybridized carbons (Fsp3) is 0.312. The maximum absolute atomic E-state index is 12.1. The molecule has 1 aromatic carbocycles. The molecule has 23 heavy (non-hydrogen) atoms. The van der Waals surface area contributed by atoms with Crippen molar-refractivity contribution in [2.24, 2.45) is 7.05 Å². The lowest BCUT2D eigenvalue weighted by Crippen LogP contribution is -2.22. The van der Waals surface area contributed by atoms with E-state index in [1.54, 1.807) is 26.1 Å². The van der Waals surface area contributed by atoms with Gasteiger partial charge in [0.1, 0.15) is 5.75 Å². The second kappa shape index (κ2) is 6.95. The Morgan fingerprint density at radius 3 is 2.48 bits per heavy atom. The van der Waals surface area contributed by atoms with E-state index in [1.807, 2.05) is 19.1 Å². The summed E-state index contributed by atoms with van der Waals surface area (Å²) in [5, 5.41) is 6.70. The summed E-state index contributed by atoms with van der Waals surface area (Å²) in [6.07, 6.45) is 0. The Hall–Kier alpha value is -2.83. The monoisotopic (exact) mass is 317 g/mol. The number of rotatable bonds is 5. The first kappa shape index (κ1) is 16.5. The number of nitrogens with zero attached hydrogens (tertiary/aromatic N) is 2. The predicted molar refractivity (Wildman–Crippen MR) is 84.6 cm³/mol. The maximum atomic E-state index is 12.1. The van der Waals surface area contributed by atoms with Crippen LogP contribution in [0, 0.1) is 13.8 Å². The van der Waals surface area contributed by atoms with Gasteiger partial charge in [0, 0.05) is 7.05 Å². The van der Waals surface area contributed by atoms with Gasteiger partial charge >= 0.3 is 5.97 Å². The third-order valence-corrected chi connectivity index (χ3v) is 3.37. The second-order valence-corrected chi connectivity index (χ2v) is 5.07. The average molecular weight is 317 g/mol. The number of nitrogens with one attached hydrogen (secondary N) is 1. The molecule has 0 aliphatic rings. The van der Waals surface area contributed by atoms with E-state index in [0.29, 0.717) is 17.1 Å². The summed E-state index contributed by atoms with van der Waals surface area (Å²) < 4.78 is 11.6. The molecule has 1 amide bonds. The lowest BCUT2D eigenvalue weighted by Gasteiger charge is -2.08. The minimum atomic E-state index is -0.608. The van der Waals surface area contributed by atoms with Crippen molar-refractivity contribution in [2.45, 2.75) is 13.8 Å². The Labute approximate surface area is 134 Å². The second-order valence-electron chi connectivity index (χ2n) is 5.07. The number of amides is 1. The zero-order chi connectivity index (χ0) is 17.0. The summed E-state index contributed by atoms with van der Waals surface area (Å²) >= 11 is 0. The molecule has 1 N–H and O–H groups in total. The number of aryl methyl sites for hydroxylation is 2. The molecule has 2 aromatic rings. The van der Waals surface area contributed by atoms with Crippen molar-refractivity contribution in [3.05, 3.63) is 41.2 Å². The van der Waals surface area contributed by atoms with Crippen LogP contribution in [0.3, 0.4) is 0 Å². The van der Waals surface area contributed by atoms with Crippen LogP contribution in [0.2, 0.25) is 0 Å². The van der Waals surface area contributed by atoms with Crippen LogP contribution in [-0.2, 0) is 16.6 Å². The number of anilines is 1. The van der Waals surface area contributed by atoms with Gasteiger partial charge in [-0.1, -0.05) is 17.7 Å². The van der Waals surface area contributed by atoms with Crippen molar-refractivity contribution in [1.82, 2.24) is 9.78 Å². The molecular formula is C16H19N3O4. The summed E-state index contributed by atoms with van der Waals surface area (Å²) in [5.74, 6) is -0.392. The zero-order valence-corrected chi connectivity index (χ0v) is 13.5. The van der Waals surface area contributed by atoms with Gasteiger partial charge in [0.15, 0.2) is 12.3 Å². The third-order valence-electron chi connectivity index (χ3n) is 3.37. The van der Waals surface area contributed by atoms with Crippen molar-refractivity contribution in [3.63, 3.8) is 0 Å². The molecule has 0 aliphatic carbocycles. The van der Waals surface area contributed by atoms with Gasteiger partial charge in [-0.05, 0) is 26.0 Å². The molecule has 7 nitrogen and oxygen atoms in total. The van der Waals surface area contributed by atoms with Gasteiger partial charge < -0.3 is 14.8 Å². The molecule has 1 aromatic heterocycles. The molecule has 1 heterocycles. The molecule has 0 saturated carbocycles. The standard InChI is InChI=1S/C16H19N3O4/c1-10-5-7-12(8-6-10)23-9-13(20)17-14-11(2)19(3)18-15(14)16(21)22-4/h5-8H,9H2,1-4H3,(H,17,20). The lowest BCUT2D eigenvalue weighted by molar-refractivity contribution is -0.118. The quantitative estimate of drug-likeness (QED) is 0.851. The fourth-order valence-electron chi connectivity index (χ4n) is 1.96. The Kier molecular flexibility index (Phi) is 5.00. The van der Waals surface area contributed by atoms with Crippen LogP contribution < -0.4 is 10.1 Å². The molecule has 0 spiro atoms. The van der Waals surface area contributed by atoms with E-state index < -0.39 is 5.97 Å². The lowest BCUT2D eigenvalue weighted by atomic mass is 10.2. The highest BCUT2D eigenvalue weighted by Crippen LogP contribution is 2.20. The number of carbonyl (C=O) groups is 2. The summed E-state index contributed by atoms with van der Waals surface area (Å²) in [4.78, 5) is 23.8. The molecule has 0 aliphatic heterocycles. The van der Waals surface area contributed by atoms with Gasteiger partial charge in [0.25, 0.3) is 5.91 Å². The number of aromatic nitrogens is 2. The summed E-state index contributed by atoms with van der Waals surface area (Å²) in [5.41, 5.74) is 2.15. The zero-order valence-electron chi connectivity index (χ0n) is 13.5. The van der Waals surface area contributed by atoms with Crippen LogP contribution in [0.5, 0.6) is 5.75 Å². The van der Waals surface area contributed by atoms with E-state index in [-0.39, 0.29) is 18.2 Å². The van der Waals surface area contributed by atoms with Crippen molar-refractivity contribution in [2.75, 3.05) is 19.0 Å². The van der Waals surface area contributed by atoms with Crippen LogP contribution in [0.1, 0.15) is 21.7 Å². The molecule has 0 atom stereocenters. The van der Waals surface area contributed by atoms with Crippen LogP contribution in [0.4, 0.5) is 5.69 Å². The van der Waals surface area contributed by atoms with E-state index in [4.69, 9.17) is 4.74 Å². The number of carbonyl (C=O) groups excluding carboxylic acids is 2. The van der Waals surface area contributed by atoms with Crippen LogP contribution >= 0.6 is 0 Å². The minimum Gasteiger partial charge on any atom is -0.484 e. The first-order valence-corrected chi connectivity index (χ1v) is 7.03. The SMILES string of the molecule is COC(=O)c1nn(C)c(C)c1NC(=O)COc1ccc(C)cc1. The number of esters is 1. The summed E-state index contributed by atoms with van der Waals surface area (Å²) in [6, 6.07) is 7.37. The Morgan fingerprint density at radius 1 is 1.22 bits per heavy atom. The number of ether oxygens (including phenoxy) is 2. The molecule has 0 fully saturated rings. The van der Waals surface area contributed by atoms with E-state index in [2.05, 4.69) is 15.2 Å². The molecular weight excluding hydrogens is 298 g/mol. The molecule has 0 radical (unpaired) electrons. The van der Waals surface area contributed by atoms with Gasteiger partial charge in [0.05, 0.1) is 18.5 Å². The number of hydrogen-bond donors (Lipinski definition) is 1. The minimum absolute atomic E-state index is 0.0659. The fourth-order valence-corrected chi connectivity index (χ4v) is 1.96. The highest BCUT2D eigenvalue weighted by Gasteiger charge is 2.22. The van der Waals surface area contributed by atoms with Gasteiger partial charge in [-0.15, -0.1) is 0 Å². The third kappa shape index (κ3) is 3.88. The topological polar surface area (TPSA) is 82.5 Å². The smallest absolute Gasteiger partial charge is 0.360 e. The first-order chi connectivity index (χ1) is 10.9. The van der Waals surface area contributed by atoms with Crippen molar-refractivity contribution in [1.29, 1.82) is 0 Å². The van der Waals surface area contributed by atoms with Gasteiger partial charge in [0.2, 0.25) is 0 Å². The molecule has 0 bridgehead atoms. The summed E-state index contributed by atoms with van der Waals surface area (Å²) in [7, 11) is 2.94. The van der Waals surface area contributed by atoms with E-state index >= 15 is 0 Å². The largest absolute Gasteiger partial charge is 0.484 e. The van der Waals surface area contributed by atoms with E-state index in [0.717, 1.165) is 5.56 Å². The van der Waals surface area contributed by atoms with Crippen LogP contribution in [0.25, 0.3) is 0 Å². The van der Waals surface area contributed by atoms with Crippen molar-refractivity contribution >= 4 is 17.6 Å². The van der Waals surface area contributed by atoms with Crippen LogP contribution in [0.15, 0.2) is 24.3 Å². The number of benzene rings is 1. The van der Waals surface area contributed by atoms with Gasteiger partial charge in [-0.3, -0.25) is 9.48 Å². The number of methoxy groups -OCH3 is 1. The highest BCUT2D eigenvalue weighted by molar-refractivity contribution is 6.01. The van der Waals surface area contributed by atoms with Crippen molar-refractivity contribution in [3.8, 4) is 5.75 Å². The predicted octanol–water partition coefficient (Wildman–Crippen LogP) is 1.84. The Balaban J connectivity index is 2.05.